The normalized spacial score (nSPS) is 10.7. The molecule has 21 heavy (non-hydrogen) atoms. The predicted molar refractivity (Wildman–Crippen MR) is 80.5 cm³/mol. The lowest BCUT2D eigenvalue weighted by Gasteiger charge is -2.11. The van der Waals surface area contributed by atoms with Crippen LogP contribution in [0.2, 0.25) is 10.2 Å². The fourth-order valence-corrected chi connectivity index (χ4v) is 2.49. The first kappa shape index (κ1) is 16.0. The summed E-state index contributed by atoms with van der Waals surface area (Å²) in [6.45, 7) is 0. The summed E-state index contributed by atoms with van der Waals surface area (Å²) in [5, 5.41) is 2.77. The Kier molecular flexibility index (Phi) is 5.39. The molecule has 0 saturated carbocycles. The van der Waals surface area contributed by atoms with Gasteiger partial charge in [-0.1, -0.05) is 47.1 Å². The zero-order valence-corrected chi connectivity index (χ0v) is 12.6. The van der Waals surface area contributed by atoms with E-state index in [1.165, 1.54) is 24.4 Å². The molecule has 1 heterocycles. The lowest BCUT2D eigenvalue weighted by molar-refractivity contribution is 0.102. The molecule has 0 atom stereocenters. The minimum absolute atomic E-state index is 0.111. The van der Waals surface area contributed by atoms with Crippen LogP contribution in [0.1, 0.15) is 10.4 Å². The lowest BCUT2D eigenvalue weighted by atomic mass is 10.2. The largest absolute Gasteiger partial charge is 0.321 e. The average molecular weight is 349 g/mol. The van der Waals surface area contributed by atoms with Crippen LogP contribution in [0.3, 0.4) is 0 Å². The third-order valence-corrected chi connectivity index (χ3v) is 3.71. The smallest absolute Gasteiger partial charge is 0.288 e. The summed E-state index contributed by atoms with van der Waals surface area (Å²) in [7, 11) is 0. The third kappa shape index (κ3) is 4.30. The molecule has 0 aliphatic rings. The van der Waals surface area contributed by atoms with Crippen LogP contribution in [-0.2, 0) is 0 Å². The third-order valence-electron chi connectivity index (χ3n) is 2.42. The molecule has 1 amide bonds. The molecule has 3 nitrogen and oxygen atoms in total. The SMILES string of the molecule is O=C(Nc1ccccc1SC(F)F)c1cc(Cl)ncc1Cl. The van der Waals surface area contributed by atoms with E-state index in [2.05, 4.69) is 10.3 Å². The second kappa shape index (κ2) is 7.06. The van der Waals surface area contributed by atoms with Gasteiger partial charge in [0.25, 0.3) is 11.7 Å². The van der Waals surface area contributed by atoms with Crippen molar-refractivity contribution in [1.82, 2.24) is 4.98 Å². The number of thioether (sulfide) groups is 1. The first-order valence-electron chi connectivity index (χ1n) is 5.63. The summed E-state index contributed by atoms with van der Waals surface area (Å²) < 4.78 is 25.0. The van der Waals surface area contributed by atoms with Gasteiger partial charge in [-0.2, -0.15) is 8.78 Å². The number of amides is 1. The first-order valence-corrected chi connectivity index (χ1v) is 7.27. The molecule has 8 heteroatoms. The van der Waals surface area contributed by atoms with Gasteiger partial charge in [-0.15, -0.1) is 0 Å². The molecule has 0 fully saturated rings. The van der Waals surface area contributed by atoms with Crippen LogP contribution in [0, 0.1) is 0 Å². The highest BCUT2D eigenvalue weighted by Gasteiger charge is 2.15. The minimum Gasteiger partial charge on any atom is -0.321 e. The monoisotopic (exact) mass is 348 g/mol. The highest BCUT2D eigenvalue weighted by Crippen LogP contribution is 2.32. The van der Waals surface area contributed by atoms with E-state index in [0.29, 0.717) is 11.8 Å². The van der Waals surface area contributed by atoms with E-state index in [4.69, 9.17) is 23.2 Å². The number of anilines is 1. The number of nitrogens with one attached hydrogen (secondary N) is 1. The molecule has 1 aromatic carbocycles. The van der Waals surface area contributed by atoms with Crippen LogP contribution < -0.4 is 5.32 Å². The van der Waals surface area contributed by atoms with Crippen LogP contribution in [-0.4, -0.2) is 16.6 Å². The molecule has 110 valence electrons. The molecular formula is C13H8Cl2F2N2OS. The van der Waals surface area contributed by atoms with Gasteiger partial charge in [0.2, 0.25) is 0 Å². The topological polar surface area (TPSA) is 42.0 Å². The van der Waals surface area contributed by atoms with Crippen molar-refractivity contribution >= 4 is 46.6 Å². The van der Waals surface area contributed by atoms with Crippen molar-refractivity contribution in [1.29, 1.82) is 0 Å². The predicted octanol–water partition coefficient (Wildman–Crippen LogP) is 4.96. The van der Waals surface area contributed by atoms with Crippen LogP contribution in [0.15, 0.2) is 41.4 Å². The van der Waals surface area contributed by atoms with Crippen molar-refractivity contribution < 1.29 is 13.6 Å². The Hall–Kier alpha value is -1.37. The van der Waals surface area contributed by atoms with Crippen molar-refractivity contribution in [2.24, 2.45) is 0 Å². The molecule has 0 aliphatic heterocycles. The molecule has 0 bridgehead atoms. The zero-order valence-electron chi connectivity index (χ0n) is 10.3. The second-order valence-corrected chi connectivity index (χ2v) is 5.64. The molecule has 0 radical (unpaired) electrons. The lowest BCUT2D eigenvalue weighted by Crippen LogP contribution is -2.13. The second-order valence-electron chi connectivity index (χ2n) is 3.82. The van der Waals surface area contributed by atoms with E-state index in [1.54, 1.807) is 12.1 Å². The maximum atomic E-state index is 12.5. The Labute approximate surface area is 133 Å². The summed E-state index contributed by atoms with van der Waals surface area (Å²) in [5.41, 5.74) is 0.394. The standard InChI is InChI=1S/C13H8Cl2F2N2OS/c14-8-6-18-11(15)5-7(8)12(20)19-9-3-1-2-4-10(9)21-13(16)17/h1-6,13H,(H,19,20). The molecule has 1 aromatic heterocycles. The van der Waals surface area contributed by atoms with Crippen molar-refractivity contribution in [3.8, 4) is 0 Å². The average Bonchev–Trinajstić information content (AvgIpc) is 2.43. The summed E-state index contributed by atoms with van der Waals surface area (Å²) in [4.78, 5) is 16.1. The van der Waals surface area contributed by atoms with Gasteiger partial charge in [0, 0.05) is 11.1 Å². The number of hydrogen-bond acceptors (Lipinski definition) is 3. The first-order chi connectivity index (χ1) is 9.97. The summed E-state index contributed by atoms with van der Waals surface area (Å²) in [6, 6.07) is 7.57. The van der Waals surface area contributed by atoms with E-state index < -0.39 is 11.7 Å². The number of benzene rings is 1. The number of hydrogen-bond donors (Lipinski definition) is 1. The van der Waals surface area contributed by atoms with Crippen LogP contribution >= 0.6 is 35.0 Å². The molecule has 2 aromatic rings. The highest BCUT2D eigenvalue weighted by molar-refractivity contribution is 7.99. The van der Waals surface area contributed by atoms with Gasteiger partial charge in [-0.05, 0) is 18.2 Å². The number of pyridine rings is 1. The molecule has 2 rings (SSSR count). The van der Waals surface area contributed by atoms with Crippen molar-refractivity contribution in [2.75, 3.05) is 5.32 Å². The Balaban J connectivity index is 2.25. The number of aromatic nitrogens is 1. The van der Waals surface area contributed by atoms with Crippen LogP contribution in [0.25, 0.3) is 0 Å². The summed E-state index contributed by atoms with van der Waals surface area (Å²) >= 11 is 11.9. The van der Waals surface area contributed by atoms with Gasteiger partial charge in [0.1, 0.15) is 5.15 Å². The van der Waals surface area contributed by atoms with E-state index in [-0.39, 0.29) is 26.3 Å². The Bertz CT molecular complexity index is 670. The number of para-hydroxylation sites is 1. The van der Waals surface area contributed by atoms with Gasteiger partial charge in [0.05, 0.1) is 16.3 Å². The summed E-state index contributed by atoms with van der Waals surface area (Å²) in [6.07, 6.45) is 1.25. The molecular weight excluding hydrogens is 341 g/mol. The van der Waals surface area contributed by atoms with Gasteiger partial charge < -0.3 is 5.32 Å². The van der Waals surface area contributed by atoms with Crippen molar-refractivity contribution in [2.45, 2.75) is 10.7 Å². The van der Waals surface area contributed by atoms with Gasteiger partial charge in [0.15, 0.2) is 0 Å². The minimum atomic E-state index is -2.58. The van der Waals surface area contributed by atoms with Crippen molar-refractivity contribution in [3.05, 3.63) is 52.3 Å². The molecule has 0 spiro atoms. The van der Waals surface area contributed by atoms with E-state index in [9.17, 15) is 13.6 Å². The fraction of sp³-hybridized carbons (Fsp3) is 0.0769. The summed E-state index contributed by atoms with van der Waals surface area (Å²) in [5.74, 6) is -3.13. The van der Waals surface area contributed by atoms with Crippen LogP contribution in [0.5, 0.6) is 0 Å². The van der Waals surface area contributed by atoms with E-state index >= 15 is 0 Å². The van der Waals surface area contributed by atoms with Crippen LogP contribution in [0.4, 0.5) is 14.5 Å². The zero-order chi connectivity index (χ0) is 15.4. The van der Waals surface area contributed by atoms with E-state index in [1.807, 2.05) is 0 Å². The number of nitrogens with zero attached hydrogens (tertiary/aromatic N) is 1. The molecule has 0 unspecified atom stereocenters. The van der Waals surface area contributed by atoms with Gasteiger partial charge >= 0.3 is 0 Å². The number of carbonyl (C=O) groups is 1. The molecule has 1 N–H and O–H groups in total. The maximum Gasteiger partial charge on any atom is 0.288 e. The Morgan fingerprint density at radius 1 is 1.29 bits per heavy atom. The number of rotatable bonds is 4. The molecule has 0 aliphatic carbocycles. The maximum absolute atomic E-state index is 12.5. The van der Waals surface area contributed by atoms with Crippen molar-refractivity contribution in [3.63, 3.8) is 0 Å². The highest BCUT2D eigenvalue weighted by atomic mass is 35.5. The number of carbonyl (C=O) groups excluding carboxylic acids is 1. The number of alkyl halides is 2. The quantitative estimate of drug-likeness (QED) is 0.627. The Morgan fingerprint density at radius 3 is 2.71 bits per heavy atom. The van der Waals surface area contributed by atoms with Gasteiger partial charge in [-0.3, -0.25) is 4.79 Å². The Morgan fingerprint density at radius 2 is 2.00 bits per heavy atom. The van der Waals surface area contributed by atoms with E-state index in [0.717, 1.165) is 0 Å². The van der Waals surface area contributed by atoms with Gasteiger partial charge in [-0.25, -0.2) is 4.98 Å². The molecule has 0 saturated heterocycles. The number of halogens is 4. The fourth-order valence-electron chi connectivity index (χ4n) is 1.55.